The summed E-state index contributed by atoms with van der Waals surface area (Å²) >= 11 is 12.1. The van der Waals surface area contributed by atoms with Crippen LogP contribution in [0.15, 0.2) is 30.6 Å². The normalized spacial score (nSPS) is 15.7. The zero-order valence-corrected chi connectivity index (χ0v) is 13.4. The van der Waals surface area contributed by atoms with E-state index in [4.69, 9.17) is 23.2 Å². The maximum Gasteiger partial charge on any atom is 0.258 e. The first-order valence-electron chi connectivity index (χ1n) is 7.15. The summed E-state index contributed by atoms with van der Waals surface area (Å²) in [5.74, 6) is -0.333. The molecule has 1 aromatic carbocycles. The van der Waals surface area contributed by atoms with Crippen molar-refractivity contribution < 1.29 is 4.79 Å². The molecule has 1 fully saturated rings. The number of aromatic nitrogens is 2. The fourth-order valence-corrected chi connectivity index (χ4v) is 3.15. The molecular weight excluding hydrogens is 323 g/mol. The number of halogens is 2. The molecule has 2 aromatic rings. The standard InChI is InChI=1S/C15H16Cl2N4O/c16-12-2-1-3-13(17)14(12)15(22)20-10-8-19-21(9-10)11-4-6-18-7-5-11/h1-3,8-9,11,18H,4-7H2,(H,20,22). The van der Waals surface area contributed by atoms with Gasteiger partial charge in [0.1, 0.15) is 0 Å². The minimum absolute atomic E-state index is 0.278. The third kappa shape index (κ3) is 3.27. The largest absolute Gasteiger partial charge is 0.319 e. The number of benzene rings is 1. The third-order valence-corrected chi connectivity index (χ3v) is 4.36. The predicted octanol–water partition coefficient (Wildman–Crippen LogP) is 3.37. The van der Waals surface area contributed by atoms with E-state index in [-0.39, 0.29) is 11.5 Å². The van der Waals surface area contributed by atoms with Crippen molar-refractivity contribution in [2.45, 2.75) is 18.9 Å². The van der Waals surface area contributed by atoms with Crippen LogP contribution in [0.5, 0.6) is 0 Å². The van der Waals surface area contributed by atoms with Crippen LogP contribution >= 0.6 is 23.2 Å². The van der Waals surface area contributed by atoms with Gasteiger partial charge in [0, 0.05) is 6.20 Å². The first-order chi connectivity index (χ1) is 10.6. The molecule has 5 nitrogen and oxygen atoms in total. The Morgan fingerprint density at radius 2 is 1.95 bits per heavy atom. The number of anilines is 1. The highest BCUT2D eigenvalue weighted by molar-refractivity contribution is 6.40. The van der Waals surface area contributed by atoms with E-state index in [9.17, 15) is 4.79 Å². The van der Waals surface area contributed by atoms with Gasteiger partial charge in [-0.25, -0.2) is 0 Å². The van der Waals surface area contributed by atoms with Gasteiger partial charge in [0.15, 0.2) is 0 Å². The van der Waals surface area contributed by atoms with Crippen LogP contribution < -0.4 is 10.6 Å². The SMILES string of the molecule is O=C(Nc1cnn(C2CCNCC2)c1)c1c(Cl)cccc1Cl. The number of nitrogens with zero attached hydrogens (tertiary/aromatic N) is 2. The summed E-state index contributed by atoms with van der Waals surface area (Å²) in [4.78, 5) is 12.3. The van der Waals surface area contributed by atoms with Crippen molar-refractivity contribution in [2.24, 2.45) is 0 Å². The third-order valence-electron chi connectivity index (χ3n) is 3.73. The van der Waals surface area contributed by atoms with E-state index in [0.717, 1.165) is 25.9 Å². The van der Waals surface area contributed by atoms with Gasteiger partial charge in [-0.1, -0.05) is 29.3 Å². The molecule has 0 spiro atoms. The number of nitrogens with one attached hydrogen (secondary N) is 2. The number of hydrogen-bond acceptors (Lipinski definition) is 3. The van der Waals surface area contributed by atoms with Crippen LogP contribution in [0.2, 0.25) is 10.0 Å². The summed E-state index contributed by atoms with van der Waals surface area (Å²) in [6, 6.07) is 5.36. The minimum atomic E-state index is -0.333. The van der Waals surface area contributed by atoms with Crippen molar-refractivity contribution in [3.05, 3.63) is 46.2 Å². The molecular formula is C15H16Cl2N4O. The first kappa shape index (κ1) is 15.3. The number of carbonyl (C=O) groups is 1. The van der Waals surface area contributed by atoms with Crippen LogP contribution in [-0.2, 0) is 0 Å². The number of carbonyl (C=O) groups excluding carboxylic acids is 1. The van der Waals surface area contributed by atoms with Crippen LogP contribution in [0.4, 0.5) is 5.69 Å². The summed E-state index contributed by atoms with van der Waals surface area (Å²) in [6.45, 7) is 1.98. The summed E-state index contributed by atoms with van der Waals surface area (Å²) in [6.07, 6.45) is 5.56. The minimum Gasteiger partial charge on any atom is -0.319 e. The van der Waals surface area contributed by atoms with Gasteiger partial charge >= 0.3 is 0 Å². The van der Waals surface area contributed by atoms with Crippen LogP contribution in [-0.4, -0.2) is 28.8 Å². The highest BCUT2D eigenvalue weighted by Gasteiger charge is 2.18. The molecule has 0 unspecified atom stereocenters. The molecule has 116 valence electrons. The molecule has 1 saturated heterocycles. The van der Waals surface area contributed by atoms with Crippen molar-refractivity contribution in [3.8, 4) is 0 Å². The average Bonchev–Trinajstić information content (AvgIpc) is 2.96. The van der Waals surface area contributed by atoms with E-state index in [2.05, 4.69) is 15.7 Å². The van der Waals surface area contributed by atoms with Crippen molar-refractivity contribution in [1.29, 1.82) is 0 Å². The Hall–Kier alpha value is -1.56. The van der Waals surface area contributed by atoms with Gasteiger partial charge in [-0.15, -0.1) is 0 Å². The molecule has 1 aromatic heterocycles. The lowest BCUT2D eigenvalue weighted by molar-refractivity contribution is 0.102. The molecule has 0 saturated carbocycles. The number of amides is 1. The number of piperidine rings is 1. The molecule has 1 amide bonds. The van der Waals surface area contributed by atoms with Crippen LogP contribution in [0.25, 0.3) is 0 Å². The van der Waals surface area contributed by atoms with E-state index in [1.165, 1.54) is 0 Å². The first-order valence-corrected chi connectivity index (χ1v) is 7.91. The lowest BCUT2D eigenvalue weighted by atomic mass is 10.1. The molecule has 2 heterocycles. The molecule has 0 bridgehead atoms. The number of rotatable bonds is 3. The van der Waals surface area contributed by atoms with Gasteiger partial charge in [0.25, 0.3) is 5.91 Å². The summed E-state index contributed by atoms with van der Waals surface area (Å²) < 4.78 is 1.91. The topological polar surface area (TPSA) is 59.0 Å². The van der Waals surface area contributed by atoms with Gasteiger partial charge in [0.2, 0.25) is 0 Å². The second-order valence-corrected chi connectivity index (χ2v) is 6.06. The Bertz CT molecular complexity index is 660. The van der Waals surface area contributed by atoms with Crippen molar-refractivity contribution in [2.75, 3.05) is 18.4 Å². The van der Waals surface area contributed by atoms with E-state index >= 15 is 0 Å². The van der Waals surface area contributed by atoms with Gasteiger partial charge in [0.05, 0.1) is 33.5 Å². The van der Waals surface area contributed by atoms with E-state index in [1.54, 1.807) is 24.4 Å². The van der Waals surface area contributed by atoms with Crippen molar-refractivity contribution in [1.82, 2.24) is 15.1 Å². The molecule has 22 heavy (non-hydrogen) atoms. The van der Waals surface area contributed by atoms with E-state index < -0.39 is 0 Å². The lowest BCUT2D eigenvalue weighted by Gasteiger charge is -2.22. The van der Waals surface area contributed by atoms with Crippen LogP contribution in [0.3, 0.4) is 0 Å². The second-order valence-electron chi connectivity index (χ2n) is 5.24. The maximum atomic E-state index is 12.3. The summed E-state index contributed by atoms with van der Waals surface area (Å²) in [7, 11) is 0. The molecule has 7 heteroatoms. The van der Waals surface area contributed by atoms with E-state index in [1.807, 2.05) is 10.9 Å². The summed E-state index contributed by atoms with van der Waals surface area (Å²) in [5, 5.41) is 11.1. The predicted molar refractivity (Wildman–Crippen MR) is 87.8 cm³/mol. The Morgan fingerprint density at radius 3 is 2.64 bits per heavy atom. The number of hydrogen-bond donors (Lipinski definition) is 2. The van der Waals surface area contributed by atoms with Crippen molar-refractivity contribution >= 4 is 34.8 Å². The summed E-state index contributed by atoms with van der Waals surface area (Å²) in [5.41, 5.74) is 0.917. The Morgan fingerprint density at radius 1 is 1.27 bits per heavy atom. The van der Waals surface area contributed by atoms with Crippen LogP contribution in [0.1, 0.15) is 29.2 Å². The van der Waals surface area contributed by atoms with E-state index in [0.29, 0.717) is 21.8 Å². The Balaban J connectivity index is 1.73. The molecule has 1 aliphatic heterocycles. The van der Waals surface area contributed by atoms with Gasteiger partial charge in [-0.2, -0.15) is 5.10 Å². The Labute approximate surface area is 138 Å². The van der Waals surface area contributed by atoms with Gasteiger partial charge < -0.3 is 10.6 Å². The highest BCUT2D eigenvalue weighted by Crippen LogP contribution is 2.25. The highest BCUT2D eigenvalue weighted by atomic mass is 35.5. The quantitative estimate of drug-likeness (QED) is 0.901. The fourth-order valence-electron chi connectivity index (χ4n) is 2.58. The zero-order chi connectivity index (χ0) is 15.5. The molecule has 2 N–H and O–H groups in total. The lowest BCUT2D eigenvalue weighted by Crippen LogP contribution is -2.29. The zero-order valence-electron chi connectivity index (χ0n) is 11.9. The Kier molecular flexibility index (Phi) is 4.66. The van der Waals surface area contributed by atoms with Gasteiger partial charge in [-0.3, -0.25) is 9.48 Å². The molecule has 1 aliphatic rings. The maximum absolute atomic E-state index is 12.3. The average molecular weight is 339 g/mol. The molecule has 0 radical (unpaired) electrons. The van der Waals surface area contributed by atoms with Crippen LogP contribution in [0, 0.1) is 0 Å². The monoisotopic (exact) mass is 338 g/mol. The molecule has 0 aliphatic carbocycles. The second kappa shape index (κ2) is 6.69. The fraction of sp³-hybridized carbons (Fsp3) is 0.333. The van der Waals surface area contributed by atoms with Crippen molar-refractivity contribution in [3.63, 3.8) is 0 Å². The smallest absolute Gasteiger partial charge is 0.258 e. The molecule has 0 atom stereocenters. The van der Waals surface area contributed by atoms with Gasteiger partial charge in [-0.05, 0) is 38.1 Å². The molecule has 3 rings (SSSR count).